The Kier molecular flexibility index (Phi) is 8.16. The van der Waals surface area contributed by atoms with Gasteiger partial charge in [0.1, 0.15) is 5.82 Å². The molecule has 1 heterocycles. The third-order valence-electron chi connectivity index (χ3n) is 5.85. The van der Waals surface area contributed by atoms with Crippen LogP contribution in [-0.4, -0.2) is 64.3 Å². The zero-order valence-electron chi connectivity index (χ0n) is 20.3. The Morgan fingerprint density at radius 1 is 1.05 bits per heavy atom. The van der Waals surface area contributed by atoms with Gasteiger partial charge in [-0.15, -0.1) is 4.40 Å². The van der Waals surface area contributed by atoms with E-state index in [9.17, 15) is 21.2 Å². The van der Waals surface area contributed by atoms with Gasteiger partial charge in [-0.1, -0.05) is 54.1 Å². The molecule has 1 aliphatic rings. The smallest absolute Gasteiger partial charge is 0.285 e. The number of primary sulfonamides is 1. The summed E-state index contributed by atoms with van der Waals surface area (Å²) < 4.78 is 67.4. The molecular weight excluding hydrogens is 553 g/mol. The van der Waals surface area contributed by atoms with Crippen LogP contribution in [0.25, 0.3) is 0 Å². The highest BCUT2D eigenvalue weighted by Crippen LogP contribution is 2.30. The number of halogens is 2. The predicted molar refractivity (Wildman–Crippen MR) is 146 cm³/mol. The largest absolute Gasteiger partial charge is 0.342 e. The molecule has 13 heteroatoms. The van der Waals surface area contributed by atoms with E-state index in [0.717, 1.165) is 5.56 Å². The van der Waals surface area contributed by atoms with Gasteiger partial charge in [-0.2, -0.15) is 13.5 Å². The molecule has 0 amide bonds. The third kappa shape index (κ3) is 6.76. The van der Waals surface area contributed by atoms with Gasteiger partial charge in [-0.25, -0.2) is 23.0 Å². The number of rotatable bonds is 7. The number of hydrogen-bond acceptors (Lipinski definition) is 5. The maximum atomic E-state index is 13.6. The van der Waals surface area contributed by atoms with Gasteiger partial charge in [0.15, 0.2) is 0 Å². The highest BCUT2D eigenvalue weighted by molar-refractivity contribution is 7.90. The van der Waals surface area contributed by atoms with E-state index in [-0.39, 0.29) is 29.9 Å². The lowest BCUT2D eigenvalue weighted by molar-refractivity contribution is 0.382. The minimum Gasteiger partial charge on any atom is -0.342 e. The summed E-state index contributed by atoms with van der Waals surface area (Å²) in [7, 11) is -6.57. The molecule has 4 rings (SSSR count). The van der Waals surface area contributed by atoms with E-state index in [2.05, 4.69) is 4.40 Å². The van der Waals surface area contributed by atoms with Gasteiger partial charge >= 0.3 is 0 Å². The van der Waals surface area contributed by atoms with Gasteiger partial charge in [0.05, 0.1) is 22.9 Å². The lowest BCUT2D eigenvalue weighted by Crippen LogP contribution is -2.42. The zero-order valence-corrected chi connectivity index (χ0v) is 22.7. The molecule has 0 fully saturated rings. The second-order valence-corrected chi connectivity index (χ2v) is 12.4. The van der Waals surface area contributed by atoms with Crippen LogP contribution in [0.2, 0.25) is 5.02 Å². The fraction of sp³-hybridized carbons (Fsp3) is 0.200. The SMILES string of the molecule is CN(CCS(N)(=O)=O)/C(=N/S(=O)(=O)c1ccc(Cl)cc1)N1C[C@@H](c2ccccc2)C(c2ccc(F)cc2)=N1. The molecule has 0 bridgehead atoms. The van der Waals surface area contributed by atoms with Gasteiger partial charge in [-0.3, -0.25) is 0 Å². The molecule has 0 saturated carbocycles. The van der Waals surface area contributed by atoms with Crippen molar-refractivity contribution in [3.8, 4) is 0 Å². The van der Waals surface area contributed by atoms with Crippen LogP contribution in [0.3, 0.4) is 0 Å². The van der Waals surface area contributed by atoms with E-state index in [1.54, 1.807) is 12.1 Å². The molecule has 0 saturated heterocycles. The first-order valence-corrected chi connectivity index (χ1v) is 15.0. The Morgan fingerprint density at radius 3 is 2.29 bits per heavy atom. The minimum atomic E-state index is -4.24. The van der Waals surface area contributed by atoms with Crippen LogP contribution in [0, 0.1) is 5.82 Å². The molecule has 0 spiro atoms. The predicted octanol–water partition coefficient (Wildman–Crippen LogP) is 3.25. The molecule has 200 valence electrons. The van der Waals surface area contributed by atoms with E-state index < -0.39 is 31.6 Å². The molecule has 38 heavy (non-hydrogen) atoms. The van der Waals surface area contributed by atoms with Crippen molar-refractivity contribution >= 4 is 43.3 Å². The molecule has 0 radical (unpaired) electrons. The summed E-state index contributed by atoms with van der Waals surface area (Å²) in [4.78, 5) is 1.28. The molecule has 0 aliphatic carbocycles. The lowest BCUT2D eigenvalue weighted by Gasteiger charge is -2.26. The quantitative estimate of drug-likeness (QED) is 0.339. The molecule has 9 nitrogen and oxygen atoms in total. The second kappa shape index (κ2) is 11.2. The number of hydrazone groups is 1. The van der Waals surface area contributed by atoms with Crippen LogP contribution in [0.15, 0.2) is 93.3 Å². The zero-order chi connectivity index (χ0) is 27.5. The second-order valence-electron chi connectivity index (χ2n) is 8.65. The number of sulfonamides is 2. The maximum Gasteiger partial charge on any atom is 0.285 e. The molecule has 3 aromatic carbocycles. The van der Waals surface area contributed by atoms with Crippen molar-refractivity contribution in [2.24, 2.45) is 14.6 Å². The van der Waals surface area contributed by atoms with E-state index in [1.807, 2.05) is 30.3 Å². The molecule has 0 unspecified atom stereocenters. The van der Waals surface area contributed by atoms with Crippen LogP contribution >= 0.6 is 11.6 Å². The fourth-order valence-electron chi connectivity index (χ4n) is 3.90. The lowest BCUT2D eigenvalue weighted by atomic mass is 9.91. The van der Waals surface area contributed by atoms with Crippen LogP contribution in [0.5, 0.6) is 0 Å². The Bertz CT molecular complexity index is 1560. The van der Waals surface area contributed by atoms with E-state index in [4.69, 9.17) is 21.8 Å². The third-order valence-corrected chi connectivity index (χ3v) is 8.13. The first kappa shape index (κ1) is 27.7. The summed E-state index contributed by atoms with van der Waals surface area (Å²) >= 11 is 5.91. The highest BCUT2D eigenvalue weighted by atomic mass is 35.5. The van der Waals surface area contributed by atoms with E-state index in [0.29, 0.717) is 16.3 Å². The monoisotopic (exact) mass is 577 g/mol. The molecule has 2 N–H and O–H groups in total. The number of benzene rings is 3. The van der Waals surface area contributed by atoms with Crippen molar-refractivity contribution in [2.45, 2.75) is 10.8 Å². The van der Waals surface area contributed by atoms with Gasteiger partial charge in [0.2, 0.25) is 16.0 Å². The summed E-state index contributed by atoms with van der Waals surface area (Å²) in [6.07, 6.45) is 0. The highest BCUT2D eigenvalue weighted by Gasteiger charge is 2.34. The van der Waals surface area contributed by atoms with Gasteiger partial charge < -0.3 is 4.90 Å². The Labute approximate surface area is 226 Å². The van der Waals surface area contributed by atoms with Gasteiger partial charge in [0, 0.05) is 24.5 Å². The first-order valence-electron chi connectivity index (χ1n) is 11.4. The summed E-state index contributed by atoms with van der Waals surface area (Å²) in [5.41, 5.74) is 2.13. The van der Waals surface area contributed by atoms with Crippen LogP contribution in [-0.2, 0) is 20.0 Å². The van der Waals surface area contributed by atoms with Crippen LogP contribution in [0.4, 0.5) is 4.39 Å². The molecule has 1 aliphatic heterocycles. The van der Waals surface area contributed by atoms with Crippen molar-refractivity contribution in [1.82, 2.24) is 9.91 Å². The summed E-state index contributed by atoms with van der Waals surface area (Å²) in [5, 5.41) is 11.6. The van der Waals surface area contributed by atoms with Gasteiger partial charge in [0.25, 0.3) is 10.0 Å². The number of guanidine groups is 1. The average molecular weight is 578 g/mol. The maximum absolute atomic E-state index is 13.6. The van der Waals surface area contributed by atoms with Crippen LogP contribution in [0.1, 0.15) is 17.0 Å². The molecule has 0 aromatic heterocycles. The molecule has 1 atom stereocenters. The van der Waals surface area contributed by atoms with E-state index in [1.165, 1.54) is 53.4 Å². The topological polar surface area (TPSA) is 125 Å². The summed E-state index contributed by atoms with van der Waals surface area (Å²) in [6.45, 7) is 0.0626. The van der Waals surface area contributed by atoms with Gasteiger partial charge in [-0.05, 0) is 47.5 Å². The average Bonchev–Trinajstić information content (AvgIpc) is 3.32. The van der Waals surface area contributed by atoms with Crippen molar-refractivity contribution < 1.29 is 21.2 Å². The Hall–Kier alpha value is -3.32. The number of hydrogen-bond donors (Lipinski definition) is 1. The standard InChI is InChI=1S/C25H25ClFN5O4S2/c1-31(15-16-37(28,33)34)25(30-38(35,36)22-13-9-20(26)10-14-22)32-17-23(18-5-3-2-4-6-18)24(29-32)19-7-11-21(27)12-8-19/h2-14,23H,15-17H2,1H3,(H2,28,33,34)/b30-25-/t23-/m0/s1. The summed E-state index contributed by atoms with van der Waals surface area (Å²) in [6, 6.07) is 20.8. The number of nitrogens with zero attached hydrogens (tertiary/aromatic N) is 4. The van der Waals surface area contributed by atoms with Crippen molar-refractivity contribution in [3.63, 3.8) is 0 Å². The summed E-state index contributed by atoms with van der Waals surface area (Å²) in [5.74, 6) is -1.24. The Morgan fingerprint density at radius 2 is 1.68 bits per heavy atom. The van der Waals surface area contributed by atoms with E-state index >= 15 is 0 Å². The first-order chi connectivity index (χ1) is 17.9. The molecule has 3 aromatic rings. The Balaban J connectivity index is 1.80. The fourth-order valence-corrected chi connectivity index (χ4v) is 5.59. The van der Waals surface area contributed by atoms with Crippen molar-refractivity contribution in [2.75, 3.05) is 25.9 Å². The minimum absolute atomic E-state index is 0.0957. The normalized spacial score (nSPS) is 16.4. The molecular formula is C25H25ClFN5O4S2. The van der Waals surface area contributed by atoms with Crippen molar-refractivity contribution in [1.29, 1.82) is 0 Å². The number of nitrogens with two attached hydrogens (primary N) is 1. The van der Waals surface area contributed by atoms with Crippen molar-refractivity contribution in [3.05, 3.63) is 101 Å². The van der Waals surface area contributed by atoms with Crippen LogP contribution < -0.4 is 5.14 Å².